The maximum Gasteiger partial charge on any atom is 0.0746 e. The van der Waals surface area contributed by atoms with Crippen LogP contribution in [-0.4, -0.2) is 9.97 Å². The van der Waals surface area contributed by atoms with E-state index in [0.29, 0.717) is 0 Å². The molecule has 20 heavy (non-hydrogen) atoms. The molecule has 0 saturated heterocycles. The molecule has 3 aromatic rings. The molecule has 0 aliphatic heterocycles. The Morgan fingerprint density at radius 3 is 2.70 bits per heavy atom. The van der Waals surface area contributed by atoms with E-state index in [1.165, 1.54) is 16.5 Å². The Morgan fingerprint density at radius 1 is 0.950 bits per heavy atom. The zero-order valence-corrected chi connectivity index (χ0v) is 11.5. The predicted octanol–water partition coefficient (Wildman–Crippen LogP) is 3.23. The number of para-hydroxylation sites is 1. The maximum atomic E-state index is 4.46. The lowest BCUT2D eigenvalue weighted by Gasteiger charge is -2.07. The van der Waals surface area contributed by atoms with Gasteiger partial charge in [0.05, 0.1) is 11.2 Å². The van der Waals surface area contributed by atoms with Crippen LogP contribution in [0.3, 0.4) is 0 Å². The predicted molar refractivity (Wildman–Crippen MR) is 81.3 cm³/mol. The molecule has 1 N–H and O–H groups in total. The summed E-state index contributed by atoms with van der Waals surface area (Å²) in [6, 6.07) is 14.5. The SMILES string of the molecule is Cc1ccc(CNCc2cccc3cccnc23)nc1. The van der Waals surface area contributed by atoms with Gasteiger partial charge < -0.3 is 5.32 Å². The lowest BCUT2D eigenvalue weighted by Crippen LogP contribution is -2.14. The summed E-state index contributed by atoms with van der Waals surface area (Å²) in [7, 11) is 0. The summed E-state index contributed by atoms with van der Waals surface area (Å²) >= 11 is 0. The van der Waals surface area contributed by atoms with Crippen LogP contribution in [0.4, 0.5) is 0 Å². The molecule has 3 nitrogen and oxygen atoms in total. The van der Waals surface area contributed by atoms with Gasteiger partial charge in [0.2, 0.25) is 0 Å². The first kappa shape index (κ1) is 12.8. The zero-order valence-electron chi connectivity index (χ0n) is 11.5. The fourth-order valence-electron chi connectivity index (χ4n) is 2.24. The topological polar surface area (TPSA) is 37.8 Å². The van der Waals surface area contributed by atoms with Crippen LogP contribution in [-0.2, 0) is 13.1 Å². The van der Waals surface area contributed by atoms with Gasteiger partial charge in [-0.25, -0.2) is 0 Å². The molecule has 0 bridgehead atoms. The lowest BCUT2D eigenvalue weighted by atomic mass is 10.1. The van der Waals surface area contributed by atoms with Crippen LogP contribution >= 0.6 is 0 Å². The number of aryl methyl sites for hydroxylation is 1. The Hall–Kier alpha value is -2.26. The van der Waals surface area contributed by atoms with Crippen molar-refractivity contribution in [1.29, 1.82) is 0 Å². The monoisotopic (exact) mass is 263 g/mol. The summed E-state index contributed by atoms with van der Waals surface area (Å²) in [6.07, 6.45) is 3.74. The van der Waals surface area contributed by atoms with E-state index in [-0.39, 0.29) is 0 Å². The number of fused-ring (bicyclic) bond motifs is 1. The quantitative estimate of drug-likeness (QED) is 0.785. The molecule has 3 rings (SSSR count). The Morgan fingerprint density at radius 2 is 1.85 bits per heavy atom. The number of benzene rings is 1. The Kier molecular flexibility index (Phi) is 3.70. The minimum Gasteiger partial charge on any atom is -0.307 e. The first-order valence-corrected chi connectivity index (χ1v) is 6.78. The van der Waals surface area contributed by atoms with Crippen molar-refractivity contribution < 1.29 is 0 Å². The first-order chi connectivity index (χ1) is 9.83. The molecule has 2 aromatic heterocycles. The highest BCUT2D eigenvalue weighted by molar-refractivity contribution is 5.81. The van der Waals surface area contributed by atoms with Crippen molar-refractivity contribution in [3.63, 3.8) is 0 Å². The van der Waals surface area contributed by atoms with Crippen molar-refractivity contribution in [2.45, 2.75) is 20.0 Å². The average molecular weight is 263 g/mol. The van der Waals surface area contributed by atoms with Crippen LogP contribution in [0.15, 0.2) is 54.9 Å². The number of nitrogens with zero attached hydrogens (tertiary/aromatic N) is 2. The minimum absolute atomic E-state index is 0.767. The van der Waals surface area contributed by atoms with Gasteiger partial charge in [-0.2, -0.15) is 0 Å². The molecule has 2 heterocycles. The van der Waals surface area contributed by atoms with Crippen molar-refractivity contribution in [3.8, 4) is 0 Å². The number of pyridine rings is 2. The number of rotatable bonds is 4. The molecule has 0 atom stereocenters. The van der Waals surface area contributed by atoms with E-state index in [1.54, 1.807) is 0 Å². The molecule has 0 unspecified atom stereocenters. The standard InChI is InChI=1S/C17H17N3/c1-13-7-8-16(20-10-13)12-18-11-15-5-2-4-14-6-3-9-19-17(14)15/h2-10,18H,11-12H2,1H3. The van der Waals surface area contributed by atoms with Gasteiger partial charge in [-0.05, 0) is 30.2 Å². The van der Waals surface area contributed by atoms with E-state index >= 15 is 0 Å². The lowest BCUT2D eigenvalue weighted by molar-refractivity contribution is 0.681. The van der Waals surface area contributed by atoms with E-state index in [4.69, 9.17) is 0 Å². The summed E-state index contributed by atoms with van der Waals surface area (Å²) in [5.74, 6) is 0. The summed E-state index contributed by atoms with van der Waals surface area (Å²) in [5.41, 5.74) is 4.53. The summed E-state index contributed by atoms with van der Waals surface area (Å²) in [6.45, 7) is 3.61. The van der Waals surface area contributed by atoms with Crippen LogP contribution in [0.2, 0.25) is 0 Å². The number of hydrogen-bond donors (Lipinski definition) is 1. The third kappa shape index (κ3) is 2.83. The van der Waals surface area contributed by atoms with E-state index in [9.17, 15) is 0 Å². The van der Waals surface area contributed by atoms with Gasteiger partial charge in [0.1, 0.15) is 0 Å². The van der Waals surface area contributed by atoms with Crippen LogP contribution in [0.1, 0.15) is 16.8 Å². The zero-order chi connectivity index (χ0) is 13.8. The van der Waals surface area contributed by atoms with Crippen molar-refractivity contribution in [3.05, 3.63) is 71.7 Å². The van der Waals surface area contributed by atoms with Gasteiger partial charge in [-0.15, -0.1) is 0 Å². The van der Waals surface area contributed by atoms with E-state index in [1.807, 2.05) is 25.4 Å². The summed E-state index contributed by atoms with van der Waals surface area (Å²) < 4.78 is 0. The maximum absolute atomic E-state index is 4.46. The van der Waals surface area contributed by atoms with Gasteiger partial charge >= 0.3 is 0 Å². The van der Waals surface area contributed by atoms with Crippen LogP contribution < -0.4 is 5.32 Å². The number of hydrogen-bond acceptors (Lipinski definition) is 3. The van der Waals surface area contributed by atoms with Gasteiger partial charge in [0, 0.05) is 30.9 Å². The largest absolute Gasteiger partial charge is 0.307 e. The molecule has 0 radical (unpaired) electrons. The smallest absolute Gasteiger partial charge is 0.0746 e. The molecular formula is C17H17N3. The van der Waals surface area contributed by atoms with Crippen LogP contribution in [0.5, 0.6) is 0 Å². The molecule has 1 aromatic carbocycles. The van der Waals surface area contributed by atoms with Crippen molar-refractivity contribution in [2.75, 3.05) is 0 Å². The summed E-state index contributed by atoms with van der Waals surface area (Å²) in [5, 5.41) is 4.61. The summed E-state index contributed by atoms with van der Waals surface area (Å²) in [4.78, 5) is 8.86. The second-order valence-electron chi connectivity index (χ2n) is 4.92. The van der Waals surface area contributed by atoms with E-state index in [0.717, 1.165) is 24.3 Å². The second kappa shape index (κ2) is 5.80. The Bertz CT molecular complexity index is 700. The van der Waals surface area contributed by atoms with Gasteiger partial charge in [-0.3, -0.25) is 9.97 Å². The first-order valence-electron chi connectivity index (χ1n) is 6.78. The van der Waals surface area contributed by atoms with E-state index in [2.05, 4.69) is 51.7 Å². The molecule has 0 amide bonds. The molecule has 0 fully saturated rings. The molecule has 0 spiro atoms. The Labute approximate surface area is 118 Å². The highest BCUT2D eigenvalue weighted by Gasteiger charge is 2.01. The van der Waals surface area contributed by atoms with E-state index < -0.39 is 0 Å². The molecule has 3 heteroatoms. The molecule has 0 aliphatic carbocycles. The fraction of sp³-hybridized carbons (Fsp3) is 0.176. The molecule has 0 saturated carbocycles. The third-order valence-corrected chi connectivity index (χ3v) is 3.31. The normalized spacial score (nSPS) is 10.8. The van der Waals surface area contributed by atoms with Crippen LogP contribution in [0.25, 0.3) is 10.9 Å². The second-order valence-corrected chi connectivity index (χ2v) is 4.92. The number of nitrogens with one attached hydrogen (secondary N) is 1. The Balaban J connectivity index is 1.69. The van der Waals surface area contributed by atoms with Crippen molar-refractivity contribution >= 4 is 10.9 Å². The molecule has 100 valence electrons. The van der Waals surface area contributed by atoms with Gasteiger partial charge in [0.25, 0.3) is 0 Å². The average Bonchev–Trinajstić information content (AvgIpc) is 2.49. The fourth-order valence-corrected chi connectivity index (χ4v) is 2.24. The van der Waals surface area contributed by atoms with Crippen molar-refractivity contribution in [2.24, 2.45) is 0 Å². The molecular weight excluding hydrogens is 246 g/mol. The highest BCUT2D eigenvalue weighted by atomic mass is 14.9. The molecule has 0 aliphatic rings. The number of aromatic nitrogens is 2. The third-order valence-electron chi connectivity index (χ3n) is 3.31. The van der Waals surface area contributed by atoms with Gasteiger partial charge in [0.15, 0.2) is 0 Å². The minimum atomic E-state index is 0.767. The van der Waals surface area contributed by atoms with Crippen LogP contribution in [0, 0.1) is 6.92 Å². The van der Waals surface area contributed by atoms with Gasteiger partial charge in [-0.1, -0.05) is 30.3 Å². The highest BCUT2D eigenvalue weighted by Crippen LogP contribution is 2.15. The van der Waals surface area contributed by atoms with Crippen molar-refractivity contribution in [1.82, 2.24) is 15.3 Å².